The number of pyridine rings is 1. The molecule has 0 saturated heterocycles. The number of allylic oxidation sites excluding steroid dienone is 6. The molecule has 19 heavy (non-hydrogen) atoms. The molecule has 102 valence electrons. The Labute approximate surface area is 110 Å². The number of halogens is 3. The highest BCUT2D eigenvalue weighted by atomic mass is 19.4. The fourth-order valence-electron chi connectivity index (χ4n) is 1.38. The van der Waals surface area contributed by atoms with Gasteiger partial charge in [0.1, 0.15) is 5.82 Å². The third-order valence-corrected chi connectivity index (χ3v) is 2.41. The maximum absolute atomic E-state index is 12.8. The lowest BCUT2D eigenvalue weighted by Crippen LogP contribution is -2.10. The lowest BCUT2D eigenvalue weighted by atomic mass is 10.1. The van der Waals surface area contributed by atoms with Crippen LogP contribution in [0.1, 0.15) is 19.4 Å². The van der Waals surface area contributed by atoms with Crippen LogP contribution in [-0.2, 0) is 0 Å². The lowest BCUT2D eigenvalue weighted by Gasteiger charge is -2.09. The highest BCUT2D eigenvalue weighted by molar-refractivity contribution is 5.67. The summed E-state index contributed by atoms with van der Waals surface area (Å²) in [5, 5.41) is 0. The first-order valence-corrected chi connectivity index (χ1v) is 5.65. The van der Waals surface area contributed by atoms with E-state index in [-0.39, 0.29) is 0 Å². The topological polar surface area (TPSA) is 38.9 Å². The second-order valence-corrected chi connectivity index (χ2v) is 3.94. The van der Waals surface area contributed by atoms with Crippen LogP contribution in [0.25, 0.3) is 5.57 Å². The normalized spacial score (nSPS) is 14.2. The quantitative estimate of drug-likeness (QED) is 0.837. The highest BCUT2D eigenvalue weighted by Gasteiger charge is 2.31. The van der Waals surface area contributed by atoms with Crippen molar-refractivity contribution in [3.8, 4) is 0 Å². The number of hydrogen-bond donors (Lipinski definition) is 1. The van der Waals surface area contributed by atoms with Crippen molar-refractivity contribution in [2.45, 2.75) is 20.0 Å². The van der Waals surface area contributed by atoms with Crippen LogP contribution >= 0.6 is 0 Å². The molecule has 0 fully saturated rings. The smallest absolute Gasteiger partial charge is 0.384 e. The Morgan fingerprint density at radius 1 is 1.32 bits per heavy atom. The van der Waals surface area contributed by atoms with E-state index in [4.69, 9.17) is 5.73 Å². The van der Waals surface area contributed by atoms with Crippen molar-refractivity contribution in [3.63, 3.8) is 0 Å². The van der Waals surface area contributed by atoms with Gasteiger partial charge in [0.05, 0.1) is 5.57 Å². The van der Waals surface area contributed by atoms with Gasteiger partial charge in [0, 0.05) is 6.20 Å². The average molecular weight is 268 g/mol. The van der Waals surface area contributed by atoms with Crippen LogP contribution in [0.4, 0.5) is 19.0 Å². The van der Waals surface area contributed by atoms with Crippen molar-refractivity contribution < 1.29 is 13.2 Å². The van der Waals surface area contributed by atoms with E-state index >= 15 is 0 Å². The Hall–Kier alpha value is -2.04. The first-order valence-electron chi connectivity index (χ1n) is 5.65. The van der Waals surface area contributed by atoms with Gasteiger partial charge in [-0.25, -0.2) is 4.98 Å². The highest BCUT2D eigenvalue weighted by Crippen LogP contribution is 2.29. The SMILES string of the molecule is C\C=C/C=C(\C=C(/C)c1ccc(N)nc1)C(F)(F)F. The van der Waals surface area contributed by atoms with Crippen molar-refractivity contribution >= 4 is 11.4 Å². The third kappa shape index (κ3) is 4.62. The Balaban J connectivity index is 3.12. The van der Waals surface area contributed by atoms with Gasteiger partial charge in [0.15, 0.2) is 0 Å². The van der Waals surface area contributed by atoms with Crippen LogP contribution in [0.5, 0.6) is 0 Å². The molecule has 0 aliphatic rings. The van der Waals surface area contributed by atoms with Gasteiger partial charge >= 0.3 is 6.18 Å². The van der Waals surface area contributed by atoms with Crippen molar-refractivity contribution in [1.29, 1.82) is 0 Å². The molecule has 0 spiro atoms. The maximum atomic E-state index is 12.8. The van der Waals surface area contributed by atoms with E-state index in [0.717, 1.165) is 12.2 Å². The van der Waals surface area contributed by atoms with E-state index in [1.165, 1.54) is 12.3 Å². The van der Waals surface area contributed by atoms with E-state index in [2.05, 4.69) is 4.98 Å². The maximum Gasteiger partial charge on any atom is 0.416 e. The fourth-order valence-corrected chi connectivity index (χ4v) is 1.38. The molecule has 0 aliphatic carbocycles. The Bertz CT molecular complexity index is 508. The molecule has 1 rings (SSSR count). The standard InChI is InChI=1S/C14H15F3N2/c1-3-4-5-12(14(15,16)17)8-10(2)11-6-7-13(18)19-9-11/h3-9H,1-2H3,(H2,18,19)/b4-3-,10-8+,12-5+. The molecule has 2 N–H and O–H groups in total. The molecule has 0 amide bonds. The minimum Gasteiger partial charge on any atom is -0.384 e. The van der Waals surface area contributed by atoms with Crippen LogP contribution in [0.3, 0.4) is 0 Å². The predicted molar refractivity (Wildman–Crippen MR) is 71.3 cm³/mol. The number of anilines is 1. The van der Waals surface area contributed by atoms with Gasteiger partial charge in [-0.2, -0.15) is 13.2 Å². The van der Waals surface area contributed by atoms with Gasteiger partial charge in [-0.15, -0.1) is 0 Å². The summed E-state index contributed by atoms with van der Waals surface area (Å²) >= 11 is 0. The number of nitrogens with zero attached hydrogens (tertiary/aromatic N) is 1. The molecule has 5 heteroatoms. The molecule has 0 aliphatic heterocycles. The zero-order valence-corrected chi connectivity index (χ0v) is 10.7. The van der Waals surface area contributed by atoms with Crippen LogP contribution in [0, 0.1) is 0 Å². The summed E-state index contributed by atoms with van der Waals surface area (Å²) in [6, 6.07) is 3.19. The molecule has 0 radical (unpaired) electrons. The molecule has 0 saturated carbocycles. The monoisotopic (exact) mass is 268 g/mol. The minimum atomic E-state index is -4.39. The van der Waals surface area contributed by atoms with Gasteiger partial charge < -0.3 is 5.73 Å². The van der Waals surface area contributed by atoms with Gasteiger partial charge in [0.2, 0.25) is 0 Å². The van der Waals surface area contributed by atoms with Crippen LogP contribution in [0.15, 0.2) is 48.2 Å². The molecular formula is C14H15F3N2. The molecule has 0 bridgehead atoms. The number of alkyl halides is 3. The minimum absolute atomic E-state index is 0.331. The van der Waals surface area contributed by atoms with Crippen LogP contribution in [0.2, 0.25) is 0 Å². The van der Waals surface area contributed by atoms with Gasteiger partial charge in [-0.1, -0.05) is 18.2 Å². The summed E-state index contributed by atoms with van der Waals surface area (Å²) in [6.07, 6.45) is 2.09. The summed E-state index contributed by atoms with van der Waals surface area (Å²) in [5.41, 5.74) is 5.80. The summed E-state index contributed by atoms with van der Waals surface area (Å²) in [5.74, 6) is 0.331. The molecule has 2 nitrogen and oxygen atoms in total. The molecular weight excluding hydrogens is 253 g/mol. The van der Waals surface area contributed by atoms with Crippen LogP contribution < -0.4 is 5.73 Å². The molecule has 0 unspecified atom stereocenters. The number of nitrogen functional groups attached to an aromatic ring is 1. The van der Waals surface area contributed by atoms with E-state index in [9.17, 15) is 13.2 Å². The molecule has 1 aromatic rings. The molecule has 1 heterocycles. The van der Waals surface area contributed by atoms with E-state index in [1.807, 2.05) is 0 Å². The Morgan fingerprint density at radius 3 is 2.47 bits per heavy atom. The molecule has 0 atom stereocenters. The van der Waals surface area contributed by atoms with E-state index < -0.39 is 11.7 Å². The molecule has 1 aromatic heterocycles. The van der Waals surface area contributed by atoms with Gasteiger partial charge in [-0.05, 0) is 43.2 Å². The fraction of sp³-hybridized carbons (Fsp3) is 0.214. The first-order chi connectivity index (χ1) is 8.84. The van der Waals surface area contributed by atoms with Gasteiger partial charge in [-0.3, -0.25) is 0 Å². The summed E-state index contributed by atoms with van der Waals surface area (Å²) < 4.78 is 38.4. The van der Waals surface area contributed by atoms with Crippen molar-refractivity contribution in [1.82, 2.24) is 4.98 Å². The number of rotatable bonds is 3. The van der Waals surface area contributed by atoms with Crippen molar-refractivity contribution in [2.75, 3.05) is 5.73 Å². The first kappa shape index (κ1) is 15.0. The zero-order valence-electron chi connectivity index (χ0n) is 10.7. The Kier molecular flexibility index (Phi) is 4.92. The predicted octanol–water partition coefficient (Wildman–Crippen LogP) is 4.13. The van der Waals surface area contributed by atoms with E-state index in [0.29, 0.717) is 17.0 Å². The average Bonchev–Trinajstić information content (AvgIpc) is 2.33. The summed E-state index contributed by atoms with van der Waals surface area (Å²) in [6.45, 7) is 3.26. The largest absolute Gasteiger partial charge is 0.416 e. The van der Waals surface area contributed by atoms with Crippen molar-refractivity contribution in [2.24, 2.45) is 0 Å². The van der Waals surface area contributed by atoms with E-state index in [1.54, 1.807) is 32.1 Å². The second kappa shape index (κ2) is 6.22. The van der Waals surface area contributed by atoms with Crippen molar-refractivity contribution in [3.05, 3.63) is 53.8 Å². The van der Waals surface area contributed by atoms with Crippen LogP contribution in [-0.4, -0.2) is 11.2 Å². The lowest BCUT2D eigenvalue weighted by molar-refractivity contribution is -0.0881. The van der Waals surface area contributed by atoms with Gasteiger partial charge in [0.25, 0.3) is 0 Å². The number of hydrogen-bond acceptors (Lipinski definition) is 2. The molecule has 0 aromatic carbocycles. The number of aromatic nitrogens is 1. The third-order valence-electron chi connectivity index (χ3n) is 2.41. The Morgan fingerprint density at radius 2 is 2.00 bits per heavy atom. The summed E-state index contributed by atoms with van der Waals surface area (Å²) in [4.78, 5) is 3.85. The second-order valence-electron chi connectivity index (χ2n) is 3.94. The summed E-state index contributed by atoms with van der Waals surface area (Å²) in [7, 11) is 0. The number of nitrogens with two attached hydrogens (primary N) is 1. The zero-order chi connectivity index (χ0) is 14.5.